The summed E-state index contributed by atoms with van der Waals surface area (Å²) in [5.74, 6) is 2.38. The van der Waals surface area contributed by atoms with E-state index in [1.54, 1.807) is 0 Å². The average Bonchev–Trinajstić information content (AvgIpc) is 2.97. The van der Waals surface area contributed by atoms with Gasteiger partial charge < -0.3 is 14.7 Å². The van der Waals surface area contributed by atoms with E-state index in [0.717, 1.165) is 63.6 Å². The van der Waals surface area contributed by atoms with Crippen LogP contribution in [0.2, 0.25) is 0 Å². The minimum absolute atomic E-state index is 0.122. The molecule has 7 nitrogen and oxygen atoms in total. The van der Waals surface area contributed by atoms with Crippen molar-refractivity contribution in [2.75, 3.05) is 19.6 Å². The minimum atomic E-state index is 0.122. The number of urea groups is 1. The molecule has 0 aromatic carbocycles. The topological polar surface area (TPSA) is 74.5 Å². The van der Waals surface area contributed by atoms with Gasteiger partial charge in [-0.1, -0.05) is 31.8 Å². The SMILES string of the molecule is CC(C)NC(=O)N1CCCCCC1C1CCN(Cc2nc(C(C)C)no2)CC1. The lowest BCUT2D eigenvalue weighted by molar-refractivity contribution is 0.0927. The molecule has 28 heavy (non-hydrogen) atoms. The Kier molecular flexibility index (Phi) is 7.32. The molecule has 7 heteroatoms. The quantitative estimate of drug-likeness (QED) is 0.827. The van der Waals surface area contributed by atoms with Crippen LogP contribution in [0.5, 0.6) is 0 Å². The highest BCUT2D eigenvalue weighted by Gasteiger charge is 2.34. The molecular formula is C21H37N5O2. The van der Waals surface area contributed by atoms with Gasteiger partial charge in [-0.05, 0) is 58.5 Å². The molecule has 1 atom stereocenters. The Hall–Kier alpha value is -1.63. The molecule has 3 heterocycles. The van der Waals surface area contributed by atoms with Crippen molar-refractivity contribution in [2.24, 2.45) is 5.92 Å². The van der Waals surface area contributed by atoms with Gasteiger partial charge in [0.05, 0.1) is 6.54 Å². The molecule has 0 aliphatic carbocycles. The third kappa shape index (κ3) is 5.46. The molecule has 2 aliphatic rings. The van der Waals surface area contributed by atoms with E-state index in [0.29, 0.717) is 17.9 Å². The highest BCUT2D eigenvalue weighted by atomic mass is 16.5. The Morgan fingerprint density at radius 3 is 2.50 bits per heavy atom. The molecule has 0 radical (unpaired) electrons. The number of amides is 2. The van der Waals surface area contributed by atoms with Crippen LogP contribution in [0.1, 0.15) is 83.9 Å². The molecule has 1 aromatic rings. The fraction of sp³-hybridized carbons (Fsp3) is 0.857. The molecule has 0 bridgehead atoms. The van der Waals surface area contributed by atoms with Crippen LogP contribution in [-0.4, -0.2) is 57.7 Å². The van der Waals surface area contributed by atoms with Gasteiger partial charge in [0.1, 0.15) is 0 Å². The van der Waals surface area contributed by atoms with Crippen molar-refractivity contribution in [1.29, 1.82) is 0 Å². The molecule has 0 saturated carbocycles. The predicted molar refractivity (Wildman–Crippen MR) is 109 cm³/mol. The number of likely N-dealkylation sites (tertiary alicyclic amines) is 2. The summed E-state index contributed by atoms with van der Waals surface area (Å²) < 4.78 is 5.41. The summed E-state index contributed by atoms with van der Waals surface area (Å²) in [7, 11) is 0. The smallest absolute Gasteiger partial charge is 0.317 e. The zero-order valence-electron chi connectivity index (χ0n) is 18.0. The second-order valence-electron chi connectivity index (χ2n) is 9.03. The van der Waals surface area contributed by atoms with Gasteiger partial charge in [-0.3, -0.25) is 4.90 Å². The Morgan fingerprint density at radius 2 is 1.86 bits per heavy atom. The number of carbonyl (C=O) groups excluding carboxylic acids is 1. The summed E-state index contributed by atoms with van der Waals surface area (Å²) in [4.78, 5) is 21.8. The summed E-state index contributed by atoms with van der Waals surface area (Å²) in [5, 5.41) is 7.18. The van der Waals surface area contributed by atoms with Crippen LogP contribution >= 0.6 is 0 Å². The van der Waals surface area contributed by atoms with Gasteiger partial charge in [-0.15, -0.1) is 0 Å². The number of carbonyl (C=O) groups is 1. The van der Waals surface area contributed by atoms with Gasteiger partial charge in [0, 0.05) is 24.5 Å². The van der Waals surface area contributed by atoms with Gasteiger partial charge in [0.2, 0.25) is 5.89 Å². The Labute approximate surface area is 169 Å². The van der Waals surface area contributed by atoms with Crippen LogP contribution in [0.3, 0.4) is 0 Å². The first-order chi connectivity index (χ1) is 13.4. The standard InChI is InChI=1S/C21H37N5O2/c1-15(2)20-23-19(28-24-20)14-25-12-9-17(10-13-25)18-8-6-5-7-11-26(18)21(27)22-16(3)4/h15-18H,5-14H2,1-4H3,(H,22,27). The molecule has 1 unspecified atom stereocenters. The summed E-state index contributed by atoms with van der Waals surface area (Å²) in [6.07, 6.45) is 6.98. The Bertz CT molecular complexity index is 622. The first kappa shape index (κ1) is 21.1. The second kappa shape index (κ2) is 9.72. The first-order valence-electron chi connectivity index (χ1n) is 11.1. The maximum Gasteiger partial charge on any atom is 0.317 e. The van der Waals surface area contributed by atoms with Crippen molar-refractivity contribution in [3.05, 3.63) is 11.7 Å². The van der Waals surface area contributed by atoms with E-state index in [9.17, 15) is 4.79 Å². The van der Waals surface area contributed by atoms with Crippen molar-refractivity contribution in [2.45, 2.75) is 90.8 Å². The molecule has 2 fully saturated rings. The lowest BCUT2D eigenvalue weighted by atomic mass is 9.86. The fourth-order valence-electron chi connectivity index (χ4n) is 4.46. The summed E-state index contributed by atoms with van der Waals surface area (Å²) in [6, 6.07) is 0.680. The molecule has 2 aliphatic heterocycles. The van der Waals surface area contributed by atoms with Crippen LogP contribution in [0.4, 0.5) is 4.79 Å². The van der Waals surface area contributed by atoms with Gasteiger partial charge in [-0.2, -0.15) is 4.98 Å². The lowest BCUT2D eigenvalue weighted by Gasteiger charge is -2.40. The fourth-order valence-corrected chi connectivity index (χ4v) is 4.46. The second-order valence-corrected chi connectivity index (χ2v) is 9.03. The Balaban J connectivity index is 1.56. The van der Waals surface area contributed by atoms with Crippen LogP contribution in [-0.2, 0) is 6.54 Å². The molecule has 0 spiro atoms. The predicted octanol–water partition coefficient (Wildman–Crippen LogP) is 3.77. The molecule has 158 valence electrons. The van der Waals surface area contributed by atoms with E-state index in [4.69, 9.17) is 4.52 Å². The summed E-state index contributed by atoms with van der Waals surface area (Å²) in [6.45, 7) is 11.9. The molecule has 2 amide bonds. The average molecular weight is 392 g/mol. The number of piperidine rings is 1. The highest BCUT2D eigenvalue weighted by Crippen LogP contribution is 2.30. The summed E-state index contributed by atoms with van der Waals surface area (Å²) >= 11 is 0. The highest BCUT2D eigenvalue weighted by molar-refractivity contribution is 5.74. The van der Waals surface area contributed by atoms with Gasteiger partial charge >= 0.3 is 6.03 Å². The zero-order chi connectivity index (χ0) is 20.1. The maximum absolute atomic E-state index is 12.8. The molecule has 1 aromatic heterocycles. The third-order valence-corrected chi connectivity index (χ3v) is 6.01. The van der Waals surface area contributed by atoms with E-state index in [-0.39, 0.29) is 12.1 Å². The van der Waals surface area contributed by atoms with Gasteiger partial charge in [0.15, 0.2) is 5.82 Å². The number of hydrogen-bond acceptors (Lipinski definition) is 5. The molecule has 1 N–H and O–H groups in total. The number of hydrogen-bond donors (Lipinski definition) is 1. The molecule has 3 rings (SSSR count). The van der Waals surface area contributed by atoms with Gasteiger partial charge in [-0.25, -0.2) is 4.79 Å². The largest absolute Gasteiger partial charge is 0.338 e. The monoisotopic (exact) mass is 391 g/mol. The van der Waals surface area contributed by atoms with E-state index >= 15 is 0 Å². The third-order valence-electron chi connectivity index (χ3n) is 6.01. The van der Waals surface area contributed by atoms with Crippen molar-refractivity contribution in [3.8, 4) is 0 Å². The summed E-state index contributed by atoms with van der Waals surface area (Å²) in [5.41, 5.74) is 0. The molecular weight excluding hydrogens is 354 g/mol. The first-order valence-corrected chi connectivity index (χ1v) is 11.1. The normalized spacial score (nSPS) is 22.6. The van der Waals surface area contributed by atoms with Crippen molar-refractivity contribution in [3.63, 3.8) is 0 Å². The number of nitrogens with one attached hydrogen (secondary N) is 1. The Morgan fingerprint density at radius 1 is 1.11 bits per heavy atom. The van der Waals surface area contributed by atoms with Crippen molar-refractivity contribution in [1.82, 2.24) is 25.3 Å². The number of aromatic nitrogens is 2. The zero-order valence-corrected chi connectivity index (χ0v) is 18.0. The van der Waals surface area contributed by atoms with E-state index < -0.39 is 0 Å². The number of rotatable bonds is 5. The van der Waals surface area contributed by atoms with Crippen LogP contribution in [0, 0.1) is 5.92 Å². The van der Waals surface area contributed by atoms with Gasteiger partial charge in [0.25, 0.3) is 0 Å². The van der Waals surface area contributed by atoms with E-state index in [1.165, 1.54) is 12.8 Å². The van der Waals surface area contributed by atoms with Crippen molar-refractivity contribution >= 4 is 6.03 Å². The number of nitrogens with zero attached hydrogens (tertiary/aromatic N) is 4. The van der Waals surface area contributed by atoms with Crippen molar-refractivity contribution < 1.29 is 9.32 Å². The minimum Gasteiger partial charge on any atom is -0.338 e. The molecule has 2 saturated heterocycles. The van der Waals surface area contributed by atoms with Crippen LogP contribution in [0.15, 0.2) is 4.52 Å². The maximum atomic E-state index is 12.8. The lowest BCUT2D eigenvalue weighted by Crippen LogP contribution is -2.52. The van der Waals surface area contributed by atoms with E-state index in [1.807, 2.05) is 13.8 Å². The van der Waals surface area contributed by atoms with Crippen LogP contribution < -0.4 is 5.32 Å². The van der Waals surface area contributed by atoms with Crippen LogP contribution in [0.25, 0.3) is 0 Å². The van der Waals surface area contributed by atoms with E-state index in [2.05, 4.69) is 39.1 Å².